The predicted octanol–water partition coefficient (Wildman–Crippen LogP) is 1.31. The summed E-state index contributed by atoms with van der Waals surface area (Å²) < 4.78 is 22.2. The van der Waals surface area contributed by atoms with Crippen LogP contribution in [0.25, 0.3) is 0 Å². The molecule has 0 amide bonds. The van der Waals surface area contributed by atoms with Gasteiger partial charge in [0.05, 0.1) is 11.9 Å². The zero-order chi connectivity index (χ0) is 14.6. The van der Waals surface area contributed by atoms with Crippen molar-refractivity contribution in [3.05, 3.63) is 34.9 Å². The van der Waals surface area contributed by atoms with Gasteiger partial charge in [0, 0.05) is 19.3 Å². The molecule has 1 atom stereocenters. The van der Waals surface area contributed by atoms with E-state index in [1.165, 1.54) is 11.8 Å². The van der Waals surface area contributed by atoms with Crippen LogP contribution in [0.2, 0.25) is 0 Å². The standard InChI is InChI=1S/C14H23NO3S/c1-11-5-6-13(9-12(11)2)14(16)10-15(3)7-8-19(4,17)18/h5-6,9,14,16H,7-8,10H2,1-4H3. The maximum atomic E-state index is 11.1. The van der Waals surface area contributed by atoms with Crippen molar-refractivity contribution in [2.45, 2.75) is 20.0 Å². The quantitative estimate of drug-likeness (QED) is 0.856. The third-order valence-electron chi connectivity index (χ3n) is 3.24. The van der Waals surface area contributed by atoms with Crippen LogP contribution in [0.1, 0.15) is 22.8 Å². The second-order valence-electron chi connectivity index (χ2n) is 5.25. The van der Waals surface area contributed by atoms with Gasteiger partial charge in [0.15, 0.2) is 0 Å². The summed E-state index contributed by atoms with van der Waals surface area (Å²) in [5.74, 6) is 0.114. The van der Waals surface area contributed by atoms with Crippen LogP contribution in [-0.4, -0.2) is 50.6 Å². The lowest BCUT2D eigenvalue weighted by atomic mass is 10.0. The lowest BCUT2D eigenvalue weighted by Gasteiger charge is -2.21. The van der Waals surface area contributed by atoms with E-state index in [1.807, 2.05) is 44.0 Å². The molecule has 0 aliphatic carbocycles. The summed E-state index contributed by atoms with van der Waals surface area (Å²) in [5.41, 5.74) is 3.21. The molecule has 0 saturated heterocycles. The van der Waals surface area contributed by atoms with Crippen molar-refractivity contribution in [2.75, 3.05) is 32.1 Å². The molecule has 1 unspecified atom stereocenters. The largest absolute Gasteiger partial charge is 0.387 e. The van der Waals surface area contributed by atoms with Gasteiger partial charge in [-0.15, -0.1) is 0 Å². The SMILES string of the molecule is Cc1ccc(C(O)CN(C)CCS(C)(=O)=O)cc1C. The van der Waals surface area contributed by atoms with Gasteiger partial charge in [-0.3, -0.25) is 0 Å². The zero-order valence-electron chi connectivity index (χ0n) is 12.0. The Morgan fingerprint density at radius 1 is 1.26 bits per heavy atom. The molecule has 0 bridgehead atoms. The molecule has 1 rings (SSSR count). The van der Waals surface area contributed by atoms with Crippen LogP contribution in [0.4, 0.5) is 0 Å². The van der Waals surface area contributed by atoms with Gasteiger partial charge in [-0.2, -0.15) is 0 Å². The summed E-state index contributed by atoms with van der Waals surface area (Å²) in [5, 5.41) is 10.1. The first-order chi connectivity index (χ1) is 8.69. The number of sulfone groups is 1. The molecule has 0 aromatic heterocycles. The number of hydrogen-bond donors (Lipinski definition) is 1. The third kappa shape index (κ3) is 5.72. The Morgan fingerprint density at radius 3 is 2.42 bits per heavy atom. The Kier molecular flexibility index (Phi) is 5.52. The van der Waals surface area contributed by atoms with E-state index in [0.717, 1.165) is 11.1 Å². The van der Waals surface area contributed by atoms with Crippen LogP contribution in [0, 0.1) is 13.8 Å². The van der Waals surface area contributed by atoms with E-state index < -0.39 is 15.9 Å². The average Bonchev–Trinajstić information content (AvgIpc) is 2.29. The summed E-state index contributed by atoms with van der Waals surface area (Å²) in [4.78, 5) is 1.83. The smallest absolute Gasteiger partial charge is 0.148 e. The first-order valence-corrected chi connectivity index (χ1v) is 8.36. The Bertz CT molecular complexity index is 525. The van der Waals surface area contributed by atoms with E-state index in [1.54, 1.807) is 0 Å². The number of aryl methyl sites for hydroxylation is 2. The van der Waals surface area contributed by atoms with E-state index in [2.05, 4.69) is 0 Å². The Labute approximate surface area is 116 Å². The van der Waals surface area contributed by atoms with Crippen LogP contribution in [0.5, 0.6) is 0 Å². The number of nitrogens with zero attached hydrogens (tertiary/aromatic N) is 1. The van der Waals surface area contributed by atoms with Crippen LogP contribution in [0.15, 0.2) is 18.2 Å². The lowest BCUT2D eigenvalue weighted by molar-refractivity contribution is 0.130. The minimum absolute atomic E-state index is 0.114. The number of hydrogen-bond acceptors (Lipinski definition) is 4. The molecule has 0 aliphatic heterocycles. The second-order valence-corrected chi connectivity index (χ2v) is 7.51. The molecule has 0 spiro atoms. The molecule has 4 nitrogen and oxygen atoms in total. The summed E-state index contributed by atoms with van der Waals surface area (Å²) in [7, 11) is -1.14. The molecular formula is C14H23NO3S. The van der Waals surface area contributed by atoms with Gasteiger partial charge in [0.2, 0.25) is 0 Å². The molecule has 0 fully saturated rings. The molecule has 1 aromatic rings. The van der Waals surface area contributed by atoms with Crippen molar-refractivity contribution in [2.24, 2.45) is 0 Å². The Morgan fingerprint density at radius 2 is 1.89 bits per heavy atom. The first kappa shape index (κ1) is 16.1. The predicted molar refractivity (Wildman–Crippen MR) is 78.1 cm³/mol. The highest BCUT2D eigenvalue weighted by molar-refractivity contribution is 7.90. The first-order valence-electron chi connectivity index (χ1n) is 6.30. The maximum absolute atomic E-state index is 11.1. The summed E-state index contributed by atoms with van der Waals surface area (Å²) in [6.45, 7) is 4.90. The van der Waals surface area contributed by atoms with Crippen LogP contribution in [-0.2, 0) is 9.84 Å². The van der Waals surface area contributed by atoms with Gasteiger partial charge in [-0.05, 0) is 37.6 Å². The Balaban J connectivity index is 2.58. The fraction of sp³-hybridized carbons (Fsp3) is 0.571. The fourth-order valence-electron chi connectivity index (χ4n) is 1.79. The van der Waals surface area contributed by atoms with Crippen LogP contribution < -0.4 is 0 Å². The molecule has 0 heterocycles. The molecule has 1 aromatic carbocycles. The topological polar surface area (TPSA) is 57.6 Å². The number of likely N-dealkylation sites (N-methyl/N-ethyl adjacent to an activating group) is 1. The van der Waals surface area contributed by atoms with E-state index in [-0.39, 0.29) is 5.75 Å². The molecule has 1 N–H and O–H groups in total. The van der Waals surface area contributed by atoms with Crippen molar-refractivity contribution >= 4 is 9.84 Å². The van der Waals surface area contributed by atoms with Crippen molar-refractivity contribution in [3.63, 3.8) is 0 Å². The minimum atomic E-state index is -2.96. The van der Waals surface area contributed by atoms with E-state index in [0.29, 0.717) is 13.1 Å². The van der Waals surface area contributed by atoms with Gasteiger partial charge in [-0.1, -0.05) is 18.2 Å². The normalized spacial score (nSPS) is 13.8. The third-order valence-corrected chi connectivity index (χ3v) is 4.17. The molecule has 0 saturated carbocycles. The highest BCUT2D eigenvalue weighted by atomic mass is 32.2. The minimum Gasteiger partial charge on any atom is -0.387 e. The molecule has 5 heteroatoms. The van der Waals surface area contributed by atoms with Crippen LogP contribution >= 0.6 is 0 Å². The molecule has 0 aliphatic rings. The van der Waals surface area contributed by atoms with Crippen molar-refractivity contribution in [1.82, 2.24) is 4.90 Å². The average molecular weight is 285 g/mol. The fourth-order valence-corrected chi connectivity index (χ4v) is 2.43. The van der Waals surface area contributed by atoms with Gasteiger partial charge < -0.3 is 10.0 Å². The molecular weight excluding hydrogens is 262 g/mol. The van der Waals surface area contributed by atoms with E-state index in [9.17, 15) is 13.5 Å². The van der Waals surface area contributed by atoms with E-state index in [4.69, 9.17) is 0 Å². The number of aliphatic hydroxyl groups excluding tert-OH is 1. The van der Waals surface area contributed by atoms with Gasteiger partial charge in [0.25, 0.3) is 0 Å². The zero-order valence-corrected chi connectivity index (χ0v) is 12.9. The number of aliphatic hydroxyl groups is 1. The highest BCUT2D eigenvalue weighted by Crippen LogP contribution is 2.17. The van der Waals surface area contributed by atoms with Crippen molar-refractivity contribution < 1.29 is 13.5 Å². The molecule has 108 valence electrons. The lowest BCUT2D eigenvalue weighted by Crippen LogP contribution is -2.29. The van der Waals surface area contributed by atoms with E-state index >= 15 is 0 Å². The van der Waals surface area contributed by atoms with Gasteiger partial charge >= 0.3 is 0 Å². The summed E-state index contributed by atoms with van der Waals surface area (Å²) in [6, 6.07) is 5.88. The highest BCUT2D eigenvalue weighted by Gasteiger charge is 2.13. The van der Waals surface area contributed by atoms with Gasteiger partial charge in [-0.25, -0.2) is 8.42 Å². The molecule has 19 heavy (non-hydrogen) atoms. The summed E-state index contributed by atoms with van der Waals surface area (Å²) in [6.07, 6.45) is 0.629. The van der Waals surface area contributed by atoms with Crippen molar-refractivity contribution in [3.8, 4) is 0 Å². The summed E-state index contributed by atoms with van der Waals surface area (Å²) >= 11 is 0. The second kappa shape index (κ2) is 6.50. The van der Waals surface area contributed by atoms with Crippen LogP contribution in [0.3, 0.4) is 0 Å². The van der Waals surface area contributed by atoms with Crippen molar-refractivity contribution in [1.29, 1.82) is 0 Å². The van der Waals surface area contributed by atoms with Gasteiger partial charge in [0.1, 0.15) is 9.84 Å². The monoisotopic (exact) mass is 285 g/mol. The number of benzene rings is 1. The Hall–Kier alpha value is -0.910. The molecule has 0 radical (unpaired) electrons. The maximum Gasteiger partial charge on any atom is 0.148 e. The number of rotatable bonds is 6.